The van der Waals surface area contributed by atoms with Crippen molar-refractivity contribution in [2.45, 2.75) is 84.0 Å². The van der Waals surface area contributed by atoms with E-state index in [2.05, 4.69) is 96.2 Å². The summed E-state index contributed by atoms with van der Waals surface area (Å²) in [5.41, 5.74) is 8.09. The molecule has 0 bridgehead atoms. The first kappa shape index (κ1) is 22.9. The molecule has 1 aromatic carbocycles. The van der Waals surface area contributed by atoms with Crippen LogP contribution in [0.3, 0.4) is 0 Å². The molecule has 0 radical (unpaired) electrons. The van der Waals surface area contributed by atoms with Crippen LogP contribution < -0.4 is 5.19 Å². The summed E-state index contributed by atoms with van der Waals surface area (Å²) in [7, 11) is 0. The van der Waals surface area contributed by atoms with Crippen molar-refractivity contribution >= 4 is 11.8 Å². The zero-order valence-electron chi connectivity index (χ0n) is 20.1. The molecule has 1 aromatic rings. The molecule has 1 aliphatic rings. The molecular formula is C25H43SiTi. The summed E-state index contributed by atoms with van der Waals surface area (Å²) in [6.45, 7) is 20.4. The zero-order chi connectivity index (χ0) is 21.0. The Balaban J connectivity index is 2.74. The number of hydrogen-bond donors (Lipinski definition) is 0. The van der Waals surface area contributed by atoms with Crippen molar-refractivity contribution in [1.29, 1.82) is 0 Å². The molecule has 2 rings (SSSR count). The van der Waals surface area contributed by atoms with E-state index in [9.17, 15) is 0 Å². The number of aryl methyl sites for hydroxylation is 2. The maximum atomic E-state index is 2.76. The van der Waals surface area contributed by atoms with Crippen LogP contribution in [-0.4, -0.2) is 6.66 Å². The Morgan fingerprint density at radius 2 is 1.33 bits per heavy atom. The fourth-order valence-corrected chi connectivity index (χ4v) is 31.8. The number of rotatable bonds is 4. The summed E-state index contributed by atoms with van der Waals surface area (Å²) in [4.78, 5) is 0. The van der Waals surface area contributed by atoms with E-state index in [-0.39, 0.29) is 0 Å². The first-order valence-corrected chi connectivity index (χ1v) is 20.9. The van der Waals surface area contributed by atoms with Crippen LogP contribution in [0.2, 0.25) is 21.7 Å². The van der Waals surface area contributed by atoms with Crippen molar-refractivity contribution in [1.82, 2.24) is 0 Å². The average Bonchev–Trinajstić information content (AvgIpc) is 2.66. The monoisotopic (exact) mass is 419 g/mol. The van der Waals surface area contributed by atoms with Gasteiger partial charge in [-0.1, -0.05) is 0 Å². The quantitative estimate of drug-likeness (QED) is 0.447. The average molecular weight is 420 g/mol. The molecule has 27 heavy (non-hydrogen) atoms. The molecule has 2 heteroatoms. The molecule has 0 nitrogen and oxygen atoms in total. The van der Waals surface area contributed by atoms with E-state index < -0.39 is 21.2 Å². The van der Waals surface area contributed by atoms with E-state index in [1.54, 1.807) is 21.9 Å². The molecule has 0 saturated carbocycles. The fraction of sp³-hybridized carbons (Fsp3) is 0.600. The molecule has 1 aliphatic carbocycles. The molecule has 0 spiro atoms. The van der Waals surface area contributed by atoms with Gasteiger partial charge in [0.05, 0.1) is 0 Å². The molecule has 0 aliphatic heterocycles. The Labute approximate surface area is 171 Å². The third-order valence-electron chi connectivity index (χ3n) is 7.29. The molecular weight excluding hydrogens is 376 g/mol. The van der Waals surface area contributed by atoms with Crippen LogP contribution in [0.15, 0.2) is 38.8 Å². The Morgan fingerprint density at radius 1 is 0.852 bits per heavy atom. The van der Waals surface area contributed by atoms with Crippen molar-refractivity contribution in [3.05, 3.63) is 49.9 Å². The molecule has 0 fully saturated rings. The van der Waals surface area contributed by atoms with Crippen LogP contribution in [0.5, 0.6) is 0 Å². The van der Waals surface area contributed by atoms with Gasteiger partial charge in [-0.15, -0.1) is 0 Å². The molecule has 0 N–H and O–H groups in total. The third-order valence-corrected chi connectivity index (χ3v) is 32.0. The predicted molar refractivity (Wildman–Crippen MR) is 125 cm³/mol. The van der Waals surface area contributed by atoms with E-state index >= 15 is 0 Å². The Bertz CT molecular complexity index is 789. The van der Waals surface area contributed by atoms with Crippen LogP contribution >= 0.6 is 0 Å². The molecule has 0 aromatic heterocycles. The molecule has 2 unspecified atom stereocenters. The summed E-state index contributed by atoms with van der Waals surface area (Å²) in [6, 6.07) is 8.82. The Hall–Kier alpha value is -0.369. The van der Waals surface area contributed by atoms with Gasteiger partial charge in [0.2, 0.25) is 0 Å². The topological polar surface area (TPSA) is 0 Å². The molecule has 0 saturated heterocycles. The van der Waals surface area contributed by atoms with Crippen LogP contribution in [-0.2, 0) is 14.6 Å². The van der Waals surface area contributed by atoms with Gasteiger partial charge in [0.15, 0.2) is 0 Å². The summed E-state index contributed by atoms with van der Waals surface area (Å²) < 4.78 is 1.89. The van der Waals surface area contributed by atoms with Gasteiger partial charge in [0.25, 0.3) is 0 Å². The summed E-state index contributed by atoms with van der Waals surface area (Å²) in [6.07, 6.45) is 0. The van der Waals surface area contributed by atoms with Crippen molar-refractivity contribution in [3.8, 4) is 0 Å². The summed E-state index contributed by atoms with van der Waals surface area (Å²) in [5, 5.41) is 10.0. The predicted octanol–water partition coefficient (Wildman–Crippen LogP) is 7.37. The van der Waals surface area contributed by atoms with E-state index in [0.29, 0.717) is 11.3 Å². The standard InChI is InChI=1S/C13H21Si.C9H13.3CH3.Ti/c1-10-6-11(2)8-12(7-10)14-9-13(3,4)5;1-6-5-7(2)9(4)8(6)3;;;;/h6-8,14H,9H2,1-5H3;6H,1-4H3;3*1H3;. The molecule has 0 amide bonds. The molecule has 2 atom stereocenters. The Kier molecular flexibility index (Phi) is 6.07. The molecule has 0 heterocycles. The second-order valence-electron chi connectivity index (χ2n) is 12.1. The minimum absolute atomic E-state index is 0.384. The van der Waals surface area contributed by atoms with Crippen molar-refractivity contribution < 1.29 is 14.6 Å². The van der Waals surface area contributed by atoms with Gasteiger partial charge in [0, 0.05) is 0 Å². The van der Waals surface area contributed by atoms with Crippen LogP contribution in [0, 0.1) is 25.2 Å². The van der Waals surface area contributed by atoms with Crippen molar-refractivity contribution in [2.75, 3.05) is 0 Å². The SMILES string of the molecule is CC1=C(C)C(C)[C]([Ti]([CH3])([CH3])([CH3])[SiH](CC(C)(C)C)c2cc(C)cc(C)c2)=C1C. The van der Waals surface area contributed by atoms with Crippen molar-refractivity contribution in [3.63, 3.8) is 0 Å². The molecule has 151 valence electrons. The van der Waals surface area contributed by atoms with Crippen LogP contribution in [0.4, 0.5) is 0 Å². The Morgan fingerprint density at radius 3 is 1.70 bits per heavy atom. The zero-order valence-corrected chi connectivity index (χ0v) is 22.8. The third kappa shape index (κ3) is 4.46. The first-order chi connectivity index (χ1) is 12.0. The summed E-state index contributed by atoms with van der Waals surface area (Å²) in [5.74, 6) is 0.642. The summed E-state index contributed by atoms with van der Waals surface area (Å²) >= 11 is -2.88. The normalized spacial score (nSPS) is 21.5. The van der Waals surface area contributed by atoms with E-state index in [1.807, 2.05) is 3.88 Å². The maximum absolute atomic E-state index is 2.88. The fourth-order valence-electron chi connectivity index (χ4n) is 5.88. The van der Waals surface area contributed by atoms with Gasteiger partial charge < -0.3 is 0 Å². The second-order valence-corrected chi connectivity index (χ2v) is 36.9. The van der Waals surface area contributed by atoms with Gasteiger partial charge in [-0.25, -0.2) is 0 Å². The van der Waals surface area contributed by atoms with Crippen LogP contribution in [0.25, 0.3) is 0 Å². The van der Waals surface area contributed by atoms with Gasteiger partial charge in [-0.2, -0.15) is 0 Å². The van der Waals surface area contributed by atoms with Gasteiger partial charge >= 0.3 is 172 Å². The van der Waals surface area contributed by atoms with Crippen molar-refractivity contribution in [2.24, 2.45) is 11.3 Å². The van der Waals surface area contributed by atoms with Gasteiger partial charge in [0.1, 0.15) is 0 Å². The first-order valence-electron chi connectivity index (χ1n) is 10.7. The number of benzene rings is 1. The van der Waals surface area contributed by atoms with E-state index in [4.69, 9.17) is 0 Å². The number of hydrogen-bond acceptors (Lipinski definition) is 0. The number of allylic oxidation sites excluding steroid dienone is 4. The van der Waals surface area contributed by atoms with E-state index in [0.717, 1.165) is 0 Å². The second kappa shape index (κ2) is 7.15. The minimum atomic E-state index is -2.88. The van der Waals surface area contributed by atoms with E-state index in [1.165, 1.54) is 17.2 Å². The van der Waals surface area contributed by atoms with Gasteiger partial charge in [-0.05, 0) is 0 Å². The van der Waals surface area contributed by atoms with Gasteiger partial charge in [-0.3, -0.25) is 0 Å². The van der Waals surface area contributed by atoms with Crippen LogP contribution in [0.1, 0.15) is 59.6 Å².